The Bertz CT molecular complexity index is 609. The third-order valence-corrected chi connectivity index (χ3v) is 2.77. The summed E-state index contributed by atoms with van der Waals surface area (Å²) >= 11 is 0. The van der Waals surface area contributed by atoms with Gasteiger partial charge in [0, 0.05) is 12.1 Å². The van der Waals surface area contributed by atoms with Crippen molar-refractivity contribution < 1.29 is 24.2 Å². The van der Waals surface area contributed by atoms with Crippen molar-refractivity contribution in [1.82, 2.24) is 5.32 Å². The summed E-state index contributed by atoms with van der Waals surface area (Å²) in [6.07, 6.45) is 0.666. The van der Waals surface area contributed by atoms with Crippen LogP contribution >= 0.6 is 0 Å². The van der Waals surface area contributed by atoms with Crippen LogP contribution in [0.5, 0.6) is 0 Å². The fourth-order valence-corrected chi connectivity index (χ4v) is 1.93. The number of hydrogen-bond acceptors (Lipinski definition) is 4. The van der Waals surface area contributed by atoms with E-state index in [4.69, 9.17) is 9.84 Å². The van der Waals surface area contributed by atoms with Crippen molar-refractivity contribution >= 4 is 23.7 Å². The van der Waals surface area contributed by atoms with Gasteiger partial charge in [0.1, 0.15) is 6.61 Å². The molecule has 7 heteroatoms. The Labute approximate surface area is 114 Å². The number of carbonyl (C=O) groups is 3. The monoisotopic (exact) mass is 276 g/mol. The number of fused-ring (bicyclic) bond motifs is 1. The minimum Gasteiger partial charge on any atom is -0.478 e. The van der Waals surface area contributed by atoms with Gasteiger partial charge in [-0.15, -0.1) is 0 Å². The van der Waals surface area contributed by atoms with Crippen LogP contribution in [0.2, 0.25) is 0 Å². The second-order valence-electron chi connectivity index (χ2n) is 4.01. The summed E-state index contributed by atoms with van der Waals surface area (Å²) in [5.74, 6) is -1.55. The predicted molar refractivity (Wildman–Crippen MR) is 69.7 cm³/mol. The van der Waals surface area contributed by atoms with Gasteiger partial charge in [0.15, 0.2) is 0 Å². The Kier molecular flexibility index (Phi) is 3.69. The van der Waals surface area contributed by atoms with Gasteiger partial charge in [0.2, 0.25) is 0 Å². The molecule has 0 saturated heterocycles. The van der Waals surface area contributed by atoms with Crippen molar-refractivity contribution in [2.24, 2.45) is 0 Å². The molecule has 2 rings (SSSR count). The molecule has 0 spiro atoms. The average Bonchev–Trinajstić information content (AvgIpc) is 2.79. The minimum atomic E-state index is -1.13. The molecule has 1 aromatic carbocycles. The molecule has 7 nitrogen and oxygen atoms in total. The number of carboxylic acids is 1. The highest BCUT2D eigenvalue weighted by Crippen LogP contribution is 2.28. The van der Waals surface area contributed by atoms with Gasteiger partial charge in [-0.3, -0.25) is 10.1 Å². The molecule has 0 saturated carbocycles. The lowest BCUT2D eigenvalue weighted by Gasteiger charge is -2.10. The number of amides is 2. The number of carbonyl (C=O) groups excluding carboxylic acids is 2. The molecule has 0 radical (unpaired) electrons. The molecule has 0 bridgehead atoms. The first-order chi connectivity index (χ1) is 9.54. The van der Waals surface area contributed by atoms with Gasteiger partial charge in [0.25, 0.3) is 5.91 Å². The number of rotatable bonds is 4. The SMILES string of the molecule is C=CCOC(=O)Nc1ccc(C(=O)O)c2c1C(=O)NC2. The highest BCUT2D eigenvalue weighted by molar-refractivity contribution is 6.08. The average molecular weight is 276 g/mol. The van der Waals surface area contributed by atoms with E-state index in [1.54, 1.807) is 0 Å². The molecule has 0 atom stereocenters. The Hall–Kier alpha value is -2.83. The summed E-state index contributed by atoms with van der Waals surface area (Å²) in [5, 5.41) is 14.0. The fraction of sp³-hybridized carbons (Fsp3) is 0.154. The lowest BCUT2D eigenvalue weighted by molar-refractivity contribution is 0.0695. The molecule has 0 unspecified atom stereocenters. The van der Waals surface area contributed by atoms with E-state index in [1.165, 1.54) is 18.2 Å². The molecule has 3 N–H and O–H groups in total. The third kappa shape index (κ3) is 2.46. The van der Waals surface area contributed by atoms with Gasteiger partial charge < -0.3 is 15.2 Å². The number of anilines is 1. The van der Waals surface area contributed by atoms with E-state index < -0.39 is 18.0 Å². The predicted octanol–water partition coefficient (Wildman–Crippen LogP) is 1.36. The normalized spacial score (nSPS) is 12.3. The van der Waals surface area contributed by atoms with Gasteiger partial charge >= 0.3 is 12.1 Å². The molecule has 0 aliphatic carbocycles. The highest BCUT2D eigenvalue weighted by Gasteiger charge is 2.28. The Morgan fingerprint density at radius 1 is 1.50 bits per heavy atom. The topological polar surface area (TPSA) is 105 Å². The van der Waals surface area contributed by atoms with E-state index >= 15 is 0 Å². The van der Waals surface area contributed by atoms with Crippen molar-refractivity contribution in [3.8, 4) is 0 Å². The molecule has 20 heavy (non-hydrogen) atoms. The number of ether oxygens (including phenoxy) is 1. The fourth-order valence-electron chi connectivity index (χ4n) is 1.93. The molecule has 1 heterocycles. The second kappa shape index (κ2) is 5.43. The van der Waals surface area contributed by atoms with Crippen LogP contribution in [0.25, 0.3) is 0 Å². The van der Waals surface area contributed by atoms with Crippen LogP contribution in [0, 0.1) is 0 Å². The number of carboxylic acid groups (broad SMARTS) is 1. The van der Waals surface area contributed by atoms with Gasteiger partial charge in [0.05, 0.1) is 16.8 Å². The highest BCUT2D eigenvalue weighted by atomic mass is 16.5. The van der Waals surface area contributed by atoms with E-state index in [-0.39, 0.29) is 30.0 Å². The van der Waals surface area contributed by atoms with Crippen molar-refractivity contribution in [3.05, 3.63) is 41.5 Å². The zero-order chi connectivity index (χ0) is 14.7. The van der Waals surface area contributed by atoms with Crippen molar-refractivity contribution in [2.45, 2.75) is 6.54 Å². The van der Waals surface area contributed by atoms with E-state index in [0.29, 0.717) is 5.56 Å². The van der Waals surface area contributed by atoms with E-state index in [2.05, 4.69) is 17.2 Å². The van der Waals surface area contributed by atoms with E-state index in [9.17, 15) is 14.4 Å². The number of benzene rings is 1. The first kappa shape index (κ1) is 13.6. The Morgan fingerprint density at radius 3 is 2.90 bits per heavy atom. The molecule has 1 aliphatic rings. The second-order valence-corrected chi connectivity index (χ2v) is 4.01. The van der Waals surface area contributed by atoms with E-state index in [0.717, 1.165) is 0 Å². The number of nitrogens with one attached hydrogen (secondary N) is 2. The maximum atomic E-state index is 11.7. The van der Waals surface area contributed by atoms with Crippen LogP contribution in [0.1, 0.15) is 26.3 Å². The third-order valence-electron chi connectivity index (χ3n) is 2.77. The Balaban J connectivity index is 2.34. The van der Waals surface area contributed by atoms with Gasteiger partial charge in [-0.25, -0.2) is 9.59 Å². The quantitative estimate of drug-likeness (QED) is 0.720. The van der Waals surface area contributed by atoms with Crippen LogP contribution in [0.3, 0.4) is 0 Å². The molecular weight excluding hydrogens is 264 g/mol. The first-order valence-electron chi connectivity index (χ1n) is 5.76. The Morgan fingerprint density at radius 2 is 2.25 bits per heavy atom. The standard InChI is InChI=1S/C13H12N2O5/c1-2-5-20-13(19)15-9-4-3-7(12(17)18)8-6-14-11(16)10(8)9/h2-4H,1,5-6H2,(H,14,16)(H,15,19)(H,17,18). The van der Waals surface area contributed by atoms with Crippen LogP contribution in [0.4, 0.5) is 10.5 Å². The van der Waals surface area contributed by atoms with Crippen LogP contribution in [0.15, 0.2) is 24.8 Å². The maximum Gasteiger partial charge on any atom is 0.411 e. The maximum absolute atomic E-state index is 11.7. The van der Waals surface area contributed by atoms with E-state index in [1.807, 2.05) is 0 Å². The molecule has 0 fully saturated rings. The summed E-state index contributed by atoms with van der Waals surface area (Å²) in [7, 11) is 0. The molecule has 1 aliphatic heterocycles. The number of hydrogen-bond donors (Lipinski definition) is 3. The zero-order valence-electron chi connectivity index (χ0n) is 10.4. The molecular formula is C13H12N2O5. The van der Waals surface area contributed by atoms with Gasteiger partial charge in [-0.05, 0) is 12.1 Å². The smallest absolute Gasteiger partial charge is 0.411 e. The van der Waals surface area contributed by atoms with Crippen molar-refractivity contribution in [3.63, 3.8) is 0 Å². The van der Waals surface area contributed by atoms with Gasteiger partial charge in [-0.2, -0.15) is 0 Å². The number of aromatic carboxylic acids is 1. The van der Waals surface area contributed by atoms with Crippen molar-refractivity contribution in [1.29, 1.82) is 0 Å². The van der Waals surface area contributed by atoms with Crippen LogP contribution < -0.4 is 10.6 Å². The summed E-state index contributed by atoms with van der Waals surface area (Å²) in [5.41, 5.74) is 0.752. The summed E-state index contributed by atoms with van der Waals surface area (Å²) < 4.78 is 4.75. The first-order valence-corrected chi connectivity index (χ1v) is 5.76. The van der Waals surface area contributed by atoms with Crippen LogP contribution in [-0.4, -0.2) is 29.7 Å². The summed E-state index contributed by atoms with van der Waals surface area (Å²) in [4.78, 5) is 34.3. The minimum absolute atomic E-state index is 0.0309. The summed E-state index contributed by atoms with van der Waals surface area (Å²) in [6, 6.07) is 2.70. The zero-order valence-corrected chi connectivity index (χ0v) is 10.4. The molecule has 2 amide bonds. The largest absolute Gasteiger partial charge is 0.478 e. The lowest BCUT2D eigenvalue weighted by atomic mass is 10.0. The van der Waals surface area contributed by atoms with Crippen molar-refractivity contribution in [2.75, 3.05) is 11.9 Å². The molecule has 0 aromatic heterocycles. The van der Waals surface area contributed by atoms with Crippen LogP contribution in [-0.2, 0) is 11.3 Å². The lowest BCUT2D eigenvalue weighted by Crippen LogP contribution is -2.18. The molecule has 1 aromatic rings. The summed E-state index contributed by atoms with van der Waals surface area (Å²) in [6.45, 7) is 3.56. The van der Waals surface area contributed by atoms with Gasteiger partial charge in [-0.1, -0.05) is 12.7 Å². The molecule has 104 valence electrons.